The molecule has 0 amide bonds. The van der Waals surface area contributed by atoms with Crippen molar-refractivity contribution in [1.29, 1.82) is 5.26 Å². The van der Waals surface area contributed by atoms with Crippen LogP contribution in [0.1, 0.15) is 26.2 Å². The summed E-state index contributed by atoms with van der Waals surface area (Å²) in [6.07, 6.45) is 7.54. The molecule has 1 rings (SSSR count). The lowest BCUT2D eigenvalue weighted by Gasteiger charge is -2.11. The molecule has 3 nitrogen and oxygen atoms in total. The van der Waals surface area contributed by atoms with Crippen LogP contribution in [-0.2, 0) is 0 Å². The zero-order valence-corrected chi connectivity index (χ0v) is 8.90. The van der Waals surface area contributed by atoms with Gasteiger partial charge in [0, 0.05) is 0 Å². The monoisotopic (exact) mass is 197 g/mol. The van der Waals surface area contributed by atoms with Gasteiger partial charge in [0.05, 0.1) is 6.04 Å². The van der Waals surface area contributed by atoms with Crippen molar-refractivity contribution < 1.29 is 0 Å². The maximum atomic E-state index is 8.45. The average Bonchev–Trinajstić information content (AvgIpc) is 2.51. The molecule has 1 aliphatic rings. The van der Waals surface area contributed by atoms with Crippen LogP contribution in [0.2, 0.25) is 0 Å². The van der Waals surface area contributed by atoms with Gasteiger partial charge in [0.15, 0.2) is 11.4 Å². The number of hydrogen-bond donors (Lipinski definition) is 1. The smallest absolute Gasteiger partial charge is 0.183 e. The van der Waals surface area contributed by atoms with E-state index in [1.807, 2.05) is 12.4 Å². The minimum absolute atomic E-state index is 0.420. The van der Waals surface area contributed by atoms with Gasteiger partial charge in [0.1, 0.15) is 0 Å². The first kappa shape index (κ1) is 10.4. The number of nitrogens with zero attached hydrogens (tertiary/aromatic N) is 2. The van der Waals surface area contributed by atoms with Crippen molar-refractivity contribution in [3.05, 3.63) is 0 Å². The normalized spacial score (nSPS) is 28.5. The van der Waals surface area contributed by atoms with Gasteiger partial charge in [0.25, 0.3) is 0 Å². The Balaban J connectivity index is 2.56. The van der Waals surface area contributed by atoms with Crippen LogP contribution in [0.15, 0.2) is 4.99 Å². The molecule has 0 heterocycles. The fourth-order valence-corrected chi connectivity index (χ4v) is 2.04. The van der Waals surface area contributed by atoms with Gasteiger partial charge in [-0.2, -0.15) is 5.26 Å². The SMILES string of the molecule is CSC(=NC1CCCC1C)NC#N. The molecule has 0 saturated heterocycles. The van der Waals surface area contributed by atoms with E-state index in [0.717, 1.165) is 5.17 Å². The molecule has 0 aromatic carbocycles. The van der Waals surface area contributed by atoms with Crippen LogP contribution in [0.4, 0.5) is 0 Å². The van der Waals surface area contributed by atoms with Crippen LogP contribution in [0.25, 0.3) is 0 Å². The first-order valence-electron chi connectivity index (χ1n) is 4.54. The van der Waals surface area contributed by atoms with Crippen LogP contribution < -0.4 is 5.32 Å². The second-order valence-electron chi connectivity index (χ2n) is 3.35. The molecular formula is C9H15N3S. The summed E-state index contributed by atoms with van der Waals surface area (Å²) in [6, 6.07) is 0.420. The molecule has 1 saturated carbocycles. The van der Waals surface area contributed by atoms with E-state index in [0.29, 0.717) is 12.0 Å². The molecule has 0 aromatic heterocycles. The fraction of sp³-hybridized carbons (Fsp3) is 0.778. The van der Waals surface area contributed by atoms with Gasteiger partial charge in [0.2, 0.25) is 0 Å². The zero-order valence-electron chi connectivity index (χ0n) is 8.08. The van der Waals surface area contributed by atoms with Crippen molar-refractivity contribution in [2.45, 2.75) is 32.2 Å². The van der Waals surface area contributed by atoms with Crippen LogP contribution in [-0.4, -0.2) is 17.5 Å². The Bertz CT molecular complexity index is 232. The maximum absolute atomic E-state index is 8.45. The molecule has 72 valence electrons. The summed E-state index contributed by atoms with van der Waals surface area (Å²) in [6.45, 7) is 2.23. The third kappa shape index (κ3) is 2.92. The summed E-state index contributed by atoms with van der Waals surface area (Å²) in [5.41, 5.74) is 0. The molecule has 0 bridgehead atoms. The van der Waals surface area contributed by atoms with Crippen LogP contribution in [0.3, 0.4) is 0 Å². The molecule has 1 fully saturated rings. The number of rotatable bonds is 1. The lowest BCUT2D eigenvalue weighted by atomic mass is 10.1. The Labute approximate surface area is 83.6 Å². The van der Waals surface area contributed by atoms with Crippen molar-refractivity contribution in [3.63, 3.8) is 0 Å². The summed E-state index contributed by atoms with van der Waals surface area (Å²) in [5.74, 6) is 0.669. The van der Waals surface area contributed by atoms with E-state index in [1.54, 1.807) is 0 Å². The van der Waals surface area contributed by atoms with E-state index in [2.05, 4.69) is 17.2 Å². The third-order valence-electron chi connectivity index (χ3n) is 2.46. The Morgan fingerprint density at radius 1 is 1.62 bits per heavy atom. The second-order valence-corrected chi connectivity index (χ2v) is 4.15. The van der Waals surface area contributed by atoms with Crippen LogP contribution in [0, 0.1) is 17.4 Å². The predicted molar refractivity (Wildman–Crippen MR) is 56.5 cm³/mol. The summed E-state index contributed by atoms with van der Waals surface area (Å²) >= 11 is 1.50. The van der Waals surface area contributed by atoms with Gasteiger partial charge in [-0.25, -0.2) is 0 Å². The van der Waals surface area contributed by atoms with E-state index in [1.165, 1.54) is 31.0 Å². The standard InChI is InChI=1S/C9H15N3S/c1-7-4-3-5-8(7)12-9(13-2)11-6-10/h7-8H,3-5H2,1-2H3,(H,11,12). The first-order chi connectivity index (χ1) is 6.27. The largest absolute Gasteiger partial charge is 0.272 e. The maximum Gasteiger partial charge on any atom is 0.183 e. The Kier molecular flexibility index (Phi) is 4.10. The predicted octanol–water partition coefficient (Wildman–Crippen LogP) is 1.96. The second kappa shape index (κ2) is 5.13. The summed E-state index contributed by atoms with van der Waals surface area (Å²) in [7, 11) is 0. The first-order valence-corrected chi connectivity index (χ1v) is 5.77. The van der Waals surface area contributed by atoms with Gasteiger partial charge in [-0.1, -0.05) is 25.1 Å². The van der Waals surface area contributed by atoms with E-state index in [9.17, 15) is 0 Å². The molecule has 4 heteroatoms. The summed E-state index contributed by atoms with van der Waals surface area (Å²) in [4.78, 5) is 4.51. The van der Waals surface area contributed by atoms with E-state index >= 15 is 0 Å². The minimum Gasteiger partial charge on any atom is -0.272 e. The third-order valence-corrected chi connectivity index (χ3v) is 3.05. The average molecular weight is 197 g/mol. The van der Waals surface area contributed by atoms with Crippen molar-refractivity contribution in [2.24, 2.45) is 10.9 Å². The molecule has 0 spiro atoms. The number of aliphatic imine (C=N–C) groups is 1. The number of nitriles is 1. The van der Waals surface area contributed by atoms with Crippen molar-refractivity contribution in [1.82, 2.24) is 5.32 Å². The van der Waals surface area contributed by atoms with Gasteiger partial charge in [-0.15, -0.1) is 0 Å². The van der Waals surface area contributed by atoms with Gasteiger partial charge < -0.3 is 0 Å². The number of thioether (sulfide) groups is 1. The number of hydrogen-bond acceptors (Lipinski definition) is 3. The highest BCUT2D eigenvalue weighted by Crippen LogP contribution is 2.28. The topological polar surface area (TPSA) is 48.2 Å². The summed E-state index contributed by atoms with van der Waals surface area (Å²) < 4.78 is 0. The quantitative estimate of drug-likeness (QED) is 0.302. The van der Waals surface area contributed by atoms with Gasteiger partial charge >= 0.3 is 0 Å². The van der Waals surface area contributed by atoms with E-state index < -0.39 is 0 Å². The van der Waals surface area contributed by atoms with Crippen molar-refractivity contribution in [3.8, 4) is 6.19 Å². The Hall–Kier alpha value is -0.690. The summed E-state index contributed by atoms with van der Waals surface area (Å²) in [5, 5.41) is 11.8. The molecule has 2 atom stereocenters. The van der Waals surface area contributed by atoms with Crippen LogP contribution >= 0.6 is 11.8 Å². The Morgan fingerprint density at radius 3 is 2.85 bits per heavy atom. The number of amidine groups is 1. The zero-order chi connectivity index (χ0) is 9.68. The molecule has 2 unspecified atom stereocenters. The molecular weight excluding hydrogens is 182 g/mol. The van der Waals surface area contributed by atoms with Gasteiger partial charge in [-0.05, 0) is 25.0 Å². The lowest BCUT2D eigenvalue weighted by Crippen LogP contribution is -2.18. The van der Waals surface area contributed by atoms with Gasteiger partial charge in [-0.3, -0.25) is 10.3 Å². The van der Waals surface area contributed by atoms with E-state index in [-0.39, 0.29) is 0 Å². The molecule has 13 heavy (non-hydrogen) atoms. The highest BCUT2D eigenvalue weighted by atomic mass is 32.2. The van der Waals surface area contributed by atoms with Crippen molar-refractivity contribution >= 4 is 16.9 Å². The molecule has 1 N–H and O–H groups in total. The molecule has 1 aliphatic carbocycles. The Morgan fingerprint density at radius 2 is 2.38 bits per heavy atom. The van der Waals surface area contributed by atoms with Crippen LogP contribution in [0.5, 0.6) is 0 Å². The van der Waals surface area contributed by atoms with E-state index in [4.69, 9.17) is 5.26 Å². The lowest BCUT2D eigenvalue weighted by molar-refractivity contribution is 0.530. The highest BCUT2D eigenvalue weighted by Gasteiger charge is 2.22. The minimum atomic E-state index is 0.420. The number of nitrogens with one attached hydrogen (secondary N) is 1. The fourth-order valence-electron chi connectivity index (χ4n) is 1.65. The molecule has 0 radical (unpaired) electrons. The molecule has 0 aliphatic heterocycles. The van der Waals surface area contributed by atoms with Crippen molar-refractivity contribution in [2.75, 3.05) is 6.26 Å². The molecule has 0 aromatic rings. The highest BCUT2D eigenvalue weighted by molar-refractivity contribution is 8.13.